The molecule has 0 spiro atoms. The number of rotatable bonds is 3. The number of nitroso groups, excluding NO2 is 1. The third-order valence-corrected chi connectivity index (χ3v) is 0.800. The first-order valence-corrected chi connectivity index (χ1v) is 3.40. The van der Waals surface area contributed by atoms with Crippen LogP contribution in [0.3, 0.4) is 0 Å². The number of hydrogen-bond donors (Lipinski definition) is 2. The first-order chi connectivity index (χ1) is 3.56. The first kappa shape index (κ1) is 7.55. The molecule has 2 N–H and O–H groups in total. The van der Waals surface area contributed by atoms with Gasteiger partial charge in [0.25, 0.3) is 0 Å². The minimum atomic E-state index is -4.14. The van der Waals surface area contributed by atoms with Crippen molar-refractivity contribution in [2.24, 2.45) is 5.29 Å². The highest BCUT2D eigenvalue weighted by atomic mass is 31.2. The molecule has 0 heterocycles. The third-order valence-electron chi connectivity index (χ3n) is 0.305. The van der Waals surface area contributed by atoms with Crippen LogP contribution < -0.4 is 5.43 Å². The summed E-state index contributed by atoms with van der Waals surface area (Å²) < 4.78 is 9.79. The lowest BCUT2D eigenvalue weighted by molar-refractivity contribution is 0.368. The Bertz CT molecular complexity index is 117. The highest BCUT2D eigenvalue weighted by molar-refractivity contribution is 7.51. The van der Waals surface area contributed by atoms with Gasteiger partial charge in [0.2, 0.25) is 0 Å². The maximum atomic E-state index is 9.79. The van der Waals surface area contributed by atoms with Crippen LogP contribution in [0, 0.1) is 4.91 Å². The fourth-order valence-corrected chi connectivity index (χ4v) is 0.325. The van der Waals surface area contributed by atoms with Gasteiger partial charge >= 0.3 is 7.60 Å². The molecule has 0 aromatic heterocycles. The van der Waals surface area contributed by atoms with Crippen molar-refractivity contribution in [1.29, 1.82) is 0 Å². The van der Waals surface area contributed by atoms with Crippen molar-refractivity contribution in [3.63, 3.8) is 0 Å². The second-order valence-electron chi connectivity index (χ2n) is 1.03. The Kier molecular flexibility index (Phi) is 2.60. The normalized spacial score (nSPS) is 10.8. The molecule has 8 heavy (non-hydrogen) atoms. The van der Waals surface area contributed by atoms with Gasteiger partial charge in [-0.05, 0) is 0 Å². The van der Waals surface area contributed by atoms with Gasteiger partial charge in [-0.1, -0.05) is 0 Å². The maximum absolute atomic E-state index is 9.79. The van der Waals surface area contributed by atoms with Crippen molar-refractivity contribution in [3.8, 4) is 0 Å². The highest BCUT2D eigenvalue weighted by Crippen LogP contribution is 2.32. The lowest BCUT2D eigenvalue weighted by Gasteiger charge is -1.95. The SMILES string of the molecule is O=N[N]CP(=O)(O)O. The Balaban J connectivity index is 3.40. The van der Waals surface area contributed by atoms with Crippen LogP contribution >= 0.6 is 7.60 Å². The molecule has 6 nitrogen and oxygen atoms in total. The predicted octanol–water partition coefficient (Wildman–Crippen LogP) is -0.593. The zero-order chi connectivity index (χ0) is 6.62. The van der Waals surface area contributed by atoms with Gasteiger partial charge in [0, 0.05) is 0 Å². The van der Waals surface area contributed by atoms with E-state index < -0.39 is 13.9 Å². The molecule has 0 aliphatic rings. The van der Waals surface area contributed by atoms with Crippen molar-refractivity contribution in [3.05, 3.63) is 4.91 Å². The summed E-state index contributed by atoms with van der Waals surface area (Å²) in [7, 11) is -4.14. The lowest BCUT2D eigenvalue weighted by Crippen LogP contribution is -1.97. The van der Waals surface area contributed by atoms with Gasteiger partial charge in [0.15, 0.2) is 6.29 Å². The molecule has 0 rings (SSSR count). The summed E-state index contributed by atoms with van der Waals surface area (Å²) >= 11 is 0. The molecule has 0 aliphatic heterocycles. The van der Waals surface area contributed by atoms with E-state index in [1.165, 1.54) is 0 Å². The molecule has 0 aromatic carbocycles. The molecule has 0 aliphatic carbocycles. The van der Waals surface area contributed by atoms with E-state index in [1.807, 2.05) is 5.29 Å². The largest absolute Gasteiger partial charge is 0.348 e. The molecule has 0 amide bonds. The second-order valence-corrected chi connectivity index (χ2v) is 2.64. The fourth-order valence-electron chi connectivity index (χ4n) is 0.108. The fraction of sp³-hybridized carbons (Fsp3) is 1.00. The van der Waals surface area contributed by atoms with Gasteiger partial charge in [0.1, 0.15) is 0 Å². The molecule has 0 atom stereocenters. The summed E-state index contributed by atoms with van der Waals surface area (Å²) in [5, 5.41) is 1.90. The minimum absolute atomic E-state index is 0.823. The van der Waals surface area contributed by atoms with Crippen molar-refractivity contribution in [2.75, 3.05) is 6.29 Å². The Morgan fingerprint density at radius 1 is 1.50 bits per heavy atom. The maximum Gasteiger partial charge on any atom is 0.348 e. The number of hydrogen-bond acceptors (Lipinski definition) is 3. The molecular weight excluding hydrogens is 135 g/mol. The van der Waals surface area contributed by atoms with E-state index in [9.17, 15) is 4.57 Å². The van der Waals surface area contributed by atoms with Crippen LogP contribution in [-0.2, 0) is 4.57 Å². The summed E-state index contributed by atoms with van der Waals surface area (Å²) in [6.07, 6.45) is -0.823. The van der Waals surface area contributed by atoms with Gasteiger partial charge in [-0.15, -0.1) is 10.3 Å². The lowest BCUT2D eigenvalue weighted by atomic mass is 11.5. The highest BCUT2D eigenvalue weighted by Gasteiger charge is 2.12. The zero-order valence-electron chi connectivity index (χ0n) is 3.76. The van der Waals surface area contributed by atoms with Crippen LogP contribution in [0.1, 0.15) is 0 Å². The van der Waals surface area contributed by atoms with Gasteiger partial charge in [-0.25, -0.2) is 0 Å². The molecule has 0 saturated heterocycles. The van der Waals surface area contributed by atoms with Gasteiger partial charge in [-0.3, -0.25) is 4.57 Å². The topological polar surface area (TPSA) is 101 Å². The van der Waals surface area contributed by atoms with E-state index >= 15 is 0 Å². The summed E-state index contributed by atoms with van der Waals surface area (Å²) in [6, 6.07) is 0. The Labute approximate surface area is 45.0 Å². The van der Waals surface area contributed by atoms with Gasteiger partial charge in [0.05, 0.1) is 5.29 Å². The quantitative estimate of drug-likeness (QED) is 0.310. The molecule has 0 aromatic rings. The molecule has 1 radical (unpaired) electrons. The third kappa shape index (κ3) is 5.55. The van der Waals surface area contributed by atoms with Crippen LogP contribution in [0.5, 0.6) is 0 Å². The van der Waals surface area contributed by atoms with E-state index in [0.717, 1.165) is 0 Å². The standard InChI is InChI=1S/CH4N2O4P/c4-3-2-1-8(5,6)7/h1H2,(H2,5,6,7). The Morgan fingerprint density at radius 2 is 2.00 bits per heavy atom. The average Bonchev–Trinajstić information content (AvgIpc) is 1.59. The van der Waals surface area contributed by atoms with Crippen molar-refractivity contribution in [1.82, 2.24) is 5.43 Å². The Hall–Kier alpha value is -0.450. The summed E-state index contributed by atoms with van der Waals surface area (Å²) in [5.74, 6) is 0. The summed E-state index contributed by atoms with van der Waals surface area (Å²) in [4.78, 5) is 25.0. The Morgan fingerprint density at radius 3 is 2.12 bits per heavy atom. The molecular formula is CH4N2O4P. The van der Waals surface area contributed by atoms with E-state index in [1.54, 1.807) is 0 Å². The predicted molar refractivity (Wildman–Crippen MR) is 24.8 cm³/mol. The van der Waals surface area contributed by atoms with E-state index in [2.05, 4.69) is 5.43 Å². The summed E-state index contributed by atoms with van der Waals surface area (Å²) in [5.41, 5.74) is 2.55. The summed E-state index contributed by atoms with van der Waals surface area (Å²) in [6.45, 7) is 0. The van der Waals surface area contributed by atoms with Crippen LogP contribution in [0.15, 0.2) is 5.29 Å². The molecule has 47 valence electrons. The number of nitrogens with zero attached hydrogens (tertiary/aromatic N) is 2. The first-order valence-electron chi connectivity index (χ1n) is 1.60. The van der Waals surface area contributed by atoms with Gasteiger partial charge in [-0.2, -0.15) is 0 Å². The second kappa shape index (κ2) is 2.76. The minimum Gasteiger partial charge on any atom is -0.323 e. The van der Waals surface area contributed by atoms with Crippen LogP contribution in [0.4, 0.5) is 0 Å². The average molecular weight is 139 g/mol. The van der Waals surface area contributed by atoms with E-state index in [4.69, 9.17) is 14.7 Å². The van der Waals surface area contributed by atoms with Gasteiger partial charge < -0.3 is 9.79 Å². The van der Waals surface area contributed by atoms with Crippen molar-refractivity contribution < 1.29 is 14.4 Å². The molecule has 0 unspecified atom stereocenters. The zero-order valence-corrected chi connectivity index (χ0v) is 4.65. The molecule has 7 heteroatoms. The molecule has 0 bridgehead atoms. The monoisotopic (exact) mass is 139 g/mol. The van der Waals surface area contributed by atoms with E-state index in [0.29, 0.717) is 0 Å². The van der Waals surface area contributed by atoms with E-state index in [-0.39, 0.29) is 0 Å². The molecule has 0 saturated carbocycles. The molecule has 0 fully saturated rings. The van der Waals surface area contributed by atoms with Crippen LogP contribution in [0.2, 0.25) is 0 Å². The van der Waals surface area contributed by atoms with Crippen molar-refractivity contribution in [2.45, 2.75) is 0 Å². The van der Waals surface area contributed by atoms with Crippen molar-refractivity contribution >= 4 is 7.60 Å². The van der Waals surface area contributed by atoms with Crippen LogP contribution in [-0.4, -0.2) is 16.1 Å². The smallest absolute Gasteiger partial charge is 0.323 e. The van der Waals surface area contributed by atoms with Crippen LogP contribution in [0.25, 0.3) is 0 Å².